The van der Waals surface area contributed by atoms with E-state index < -0.39 is 0 Å². The maximum absolute atomic E-state index is 12.0. The van der Waals surface area contributed by atoms with Crippen molar-refractivity contribution in [3.8, 4) is 0 Å². The van der Waals surface area contributed by atoms with Crippen molar-refractivity contribution in [2.45, 2.75) is 19.4 Å². The number of nitrogen functional groups attached to an aromatic ring is 1. The summed E-state index contributed by atoms with van der Waals surface area (Å²) in [5.41, 5.74) is 6.18. The van der Waals surface area contributed by atoms with Crippen LogP contribution in [0, 0.1) is 0 Å². The van der Waals surface area contributed by atoms with Crippen molar-refractivity contribution in [1.82, 2.24) is 15.1 Å². The molecule has 2 aromatic heterocycles. The van der Waals surface area contributed by atoms with Crippen molar-refractivity contribution in [3.05, 3.63) is 34.2 Å². The summed E-state index contributed by atoms with van der Waals surface area (Å²) in [4.78, 5) is 13.2. The molecule has 2 rings (SSSR count). The fourth-order valence-electron chi connectivity index (χ4n) is 1.71. The van der Waals surface area contributed by atoms with Crippen molar-refractivity contribution in [1.29, 1.82) is 0 Å². The molecular formula is C12H16N4OS. The Morgan fingerprint density at radius 3 is 3.00 bits per heavy atom. The molecule has 0 radical (unpaired) electrons. The Morgan fingerprint density at radius 1 is 1.67 bits per heavy atom. The van der Waals surface area contributed by atoms with Gasteiger partial charge in [0, 0.05) is 24.4 Å². The van der Waals surface area contributed by atoms with Gasteiger partial charge < -0.3 is 11.1 Å². The van der Waals surface area contributed by atoms with Crippen molar-refractivity contribution in [3.63, 3.8) is 0 Å². The lowest BCUT2D eigenvalue weighted by molar-refractivity contribution is 0.0941. The second-order valence-corrected chi connectivity index (χ2v) is 5.26. The summed E-state index contributed by atoms with van der Waals surface area (Å²) in [6.45, 7) is 1.98. The van der Waals surface area contributed by atoms with E-state index >= 15 is 0 Å². The van der Waals surface area contributed by atoms with Gasteiger partial charge in [0.2, 0.25) is 0 Å². The van der Waals surface area contributed by atoms with Gasteiger partial charge in [-0.1, -0.05) is 6.07 Å². The summed E-state index contributed by atoms with van der Waals surface area (Å²) < 4.78 is 1.48. The van der Waals surface area contributed by atoms with Gasteiger partial charge in [0.25, 0.3) is 5.91 Å². The molecular weight excluding hydrogens is 248 g/mol. The number of nitrogens with one attached hydrogen (secondary N) is 1. The first-order valence-corrected chi connectivity index (χ1v) is 6.56. The van der Waals surface area contributed by atoms with E-state index in [1.165, 1.54) is 15.8 Å². The molecule has 0 bridgehead atoms. The number of amides is 1. The Kier molecular flexibility index (Phi) is 3.66. The number of nitrogens with two attached hydrogens (primary N) is 1. The van der Waals surface area contributed by atoms with Crippen LogP contribution in [0.3, 0.4) is 0 Å². The lowest BCUT2D eigenvalue weighted by Crippen LogP contribution is -2.34. The molecule has 0 fully saturated rings. The van der Waals surface area contributed by atoms with Crippen LogP contribution in [0.4, 0.5) is 5.82 Å². The van der Waals surface area contributed by atoms with E-state index in [0.29, 0.717) is 11.4 Å². The normalized spacial score (nSPS) is 12.3. The average Bonchev–Trinajstić information content (AvgIpc) is 2.91. The van der Waals surface area contributed by atoms with Crippen molar-refractivity contribution < 1.29 is 4.79 Å². The number of anilines is 1. The summed E-state index contributed by atoms with van der Waals surface area (Å²) in [6.07, 6.45) is 2.31. The molecule has 0 aliphatic heterocycles. The molecule has 1 unspecified atom stereocenters. The number of carbonyl (C=O) groups excluding carboxylic acids is 1. The van der Waals surface area contributed by atoms with Crippen LogP contribution in [0.15, 0.2) is 23.7 Å². The van der Waals surface area contributed by atoms with E-state index in [-0.39, 0.29) is 11.9 Å². The highest BCUT2D eigenvalue weighted by Crippen LogP contribution is 2.12. The first-order valence-electron chi connectivity index (χ1n) is 5.68. The van der Waals surface area contributed by atoms with E-state index in [1.807, 2.05) is 18.4 Å². The van der Waals surface area contributed by atoms with Gasteiger partial charge in [0.15, 0.2) is 0 Å². The van der Waals surface area contributed by atoms with Crippen LogP contribution in [0.1, 0.15) is 22.2 Å². The summed E-state index contributed by atoms with van der Waals surface area (Å²) >= 11 is 1.69. The lowest BCUT2D eigenvalue weighted by atomic mass is 10.2. The molecule has 2 heterocycles. The summed E-state index contributed by atoms with van der Waals surface area (Å²) in [6, 6.07) is 4.13. The van der Waals surface area contributed by atoms with Gasteiger partial charge in [-0.2, -0.15) is 5.10 Å². The fraction of sp³-hybridized carbons (Fsp3) is 0.333. The third kappa shape index (κ3) is 2.70. The molecule has 0 aliphatic rings. The predicted octanol–water partition coefficient (Wildman–Crippen LogP) is 1.42. The first-order chi connectivity index (χ1) is 8.58. The van der Waals surface area contributed by atoms with Crippen LogP contribution in [0.25, 0.3) is 0 Å². The number of carbonyl (C=O) groups is 1. The van der Waals surface area contributed by atoms with Crippen LogP contribution in [-0.4, -0.2) is 21.7 Å². The SMILES string of the molecule is CC(Cc1cccs1)NC(=O)c1cnn(C)c1N. The zero-order chi connectivity index (χ0) is 13.1. The molecule has 0 spiro atoms. The monoisotopic (exact) mass is 264 g/mol. The smallest absolute Gasteiger partial charge is 0.256 e. The number of thiophene rings is 1. The van der Waals surface area contributed by atoms with Crippen molar-refractivity contribution in [2.75, 3.05) is 5.73 Å². The quantitative estimate of drug-likeness (QED) is 0.877. The van der Waals surface area contributed by atoms with Crippen molar-refractivity contribution in [2.24, 2.45) is 7.05 Å². The highest BCUT2D eigenvalue weighted by Gasteiger charge is 2.16. The molecule has 0 aliphatic carbocycles. The van der Waals surface area contributed by atoms with Gasteiger partial charge in [0.05, 0.1) is 6.20 Å². The van der Waals surface area contributed by atoms with Gasteiger partial charge in [-0.05, 0) is 18.4 Å². The van der Waals surface area contributed by atoms with E-state index in [2.05, 4.69) is 16.5 Å². The third-order valence-corrected chi connectivity index (χ3v) is 3.59. The van der Waals surface area contributed by atoms with Gasteiger partial charge in [0.1, 0.15) is 11.4 Å². The Hall–Kier alpha value is -1.82. The molecule has 2 aromatic rings. The zero-order valence-electron chi connectivity index (χ0n) is 10.4. The number of aromatic nitrogens is 2. The van der Waals surface area contributed by atoms with E-state index in [4.69, 9.17) is 5.73 Å². The van der Waals surface area contributed by atoms with E-state index in [9.17, 15) is 4.79 Å². The predicted molar refractivity (Wildman–Crippen MR) is 72.6 cm³/mol. The molecule has 96 valence electrons. The standard InChI is InChI=1S/C12H16N4OS/c1-8(6-9-4-3-5-18-9)15-12(17)10-7-14-16(2)11(10)13/h3-5,7-8H,6,13H2,1-2H3,(H,15,17). The van der Waals surface area contributed by atoms with Crippen LogP contribution < -0.4 is 11.1 Å². The molecule has 6 heteroatoms. The minimum absolute atomic E-state index is 0.0655. The zero-order valence-corrected chi connectivity index (χ0v) is 11.2. The topological polar surface area (TPSA) is 72.9 Å². The van der Waals surface area contributed by atoms with Crippen molar-refractivity contribution >= 4 is 23.1 Å². The minimum atomic E-state index is -0.176. The highest BCUT2D eigenvalue weighted by atomic mass is 32.1. The maximum Gasteiger partial charge on any atom is 0.256 e. The Labute approximate surface area is 110 Å². The van der Waals surface area contributed by atoms with E-state index in [1.54, 1.807) is 18.4 Å². The van der Waals surface area contributed by atoms with Crippen LogP contribution in [0.2, 0.25) is 0 Å². The summed E-state index contributed by atoms with van der Waals surface area (Å²) in [7, 11) is 1.71. The molecule has 5 nitrogen and oxygen atoms in total. The molecule has 18 heavy (non-hydrogen) atoms. The number of hydrogen-bond donors (Lipinski definition) is 2. The summed E-state index contributed by atoms with van der Waals surface area (Å²) in [5.74, 6) is 0.209. The highest BCUT2D eigenvalue weighted by molar-refractivity contribution is 7.09. The van der Waals surface area contributed by atoms with Crippen LogP contribution in [-0.2, 0) is 13.5 Å². The third-order valence-electron chi connectivity index (χ3n) is 2.69. The molecule has 3 N–H and O–H groups in total. The first kappa shape index (κ1) is 12.6. The number of nitrogens with zero attached hydrogens (tertiary/aromatic N) is 2. The molecule has 0 aromatic carbocycles. The van der Waals surface area contributed by atoms with Crippen LogP contribution in [0.5, 0.6) is 0 Å². The number of hydrogen-bond acceptors (Lipinski definition) is 4. The lowest BCUT2D eigenvalue weighted by Gasteiger charge is -2.12. The average molecular weight is 264 g/mol. The fourth-order valence-corrected chi connectivity index (χ4v) is 2.54. The largest absolute Gasteiger partial charge is 0.383 e. The van der Waals surface area contributed by atoms with Gasteiger partial charge >= 0.3 is 0 Å². The molecule has 0 saturated carbocycles. The van der Waals surface area contributed by atoms with Gasteiger partial charge in [-0.25, -0.2) is 0 Å². The second kappa shape index (κ2) is 5.22. The van der Waals surface area contributed by atoms with Gasteiger partial charge in [-0.3, -0.25) is 9.48 Å². The van der Waals surface area contributed by atoms with E-state index in [0.717, 1.165) is 6.42 Å². The Balaban J connectivity index is 1.97. The number of rotatable bonds is 4. The summed E-state index contributed by atoms with van der Waals surface area (Å²) in [5, 5.41) is 8.91. The second-order valence-electron chi connectivity index (χ2n) is 4.23. The Bertz CT molecular complexity index is 532. The van der Waals surface area contributed by atoms with Crippen LogP contribution >= 0.6 is 11.3 Å². The minimum Gasteiger partial charge on any atom is -0.383 e. The van der Waals surface area contributed by atoms with Gasteiger partial charge in [-0.15, -0.1) is 11.3 Å². The number of aryl methyl sites for hydroxylation is 1. The molecule has 0 saturated heterocycles. The Morgan fingerprint density at radius 2 is 2.44 bits per heavy atom. The maximum atomic E-state index is 12.0. The molecule has 1 amide bonds. The molecule has 1 atom stereocenters.